The summed E-state index contributed by atoms with van der Waals surface area (Å²) >= 11 is 0. The lowest BCUT2D eigenvalue weighted by atomic mass is 9.87. The maximum atomic E-state index is 13.0. The summed E-state index contributed by atoms with van der Waals surface area (Å²) in [4.78, 5) is 27.3. The molecule has 1 aliphatic carbocycles. The van der Waals surface area contributed by atoms with E-state index in [2.05, 4.69) is 32.2 Å². The van der Waals surface area contributed by atoms with Crippen LogP contribution in [-0.4, -0.2) is 66.1 Å². The summed E-state index contributed by atoms with van der Waals surface area (Å²) < 4.78 is 5.81. The van der Waals surface area contributed by atoms with Crippen molar-refractivity contribution in [2.75, 3.05) is 38.7 Å². The first-order valence-corrected chi connectivity index (χ1v) is 12.3. The van der Waals surface area contributed by atoms with Crippen molar-refractivity contribution in [1.82, 2.24) is 20.2 Å². The van der Waals surface area contributed by atoms with Crippen molar-refractivity contribution in [3.05, 3.63) is 47.4 Å². The van der Waals surface area contributed by atoms with Crippen LogP contribution in [0, 0.1) is 0 Å². The van der Waals surface area contributed by atoms with Crippen LogP contribution < -0.4 is 15.0 Å². The molecule has 3 aliphatic rings. The number of carbonyl (C=O) groups excluding carboxylic acids is 1. The third kappa shape index (κ3) is 4.43. The average Bonchev–Trinajstić information content (AvgIpc) is 3.34. The number of nitrogens with zero attached hydrogens (tertiary/aromatic N) is 4. The number of likely N-dealkylation sites (N-methyl/N-ethyl adjacent to an activating group) is 1. The molecular weight excluding hydrogens is 414 g/mol. The van der Waals surface area contributed by atoms with Gasteiger partial charge in [-0.15, -0.1) is 0 Å². The third-order valence-corrected chi connectivity index (χ3v) is 7.34. The molecule has 1 saturated carbocycles. The molecule has 1 aromatic carbocycles. The zero-order valence-electron chi connectivity index (χ0n) is 19.8. The van der Waals surface area contributed by atoms with E-state index in [9.17, 15) is 4.79 Å². The fourth-order valence-corrected chi connectivity index (χ4v) is 5.61. The lowest BCUT2D eigenvalue weighted by Crippen LogP contribution is -2.57. The molecule has 5 rings (SSSR count). The Morgan fingerprint density at radius 1 is 1.18 bits per heavy atom. The van der Waals surface area contributed by atoms with Crippen LogP contribution in [0.25, 0.3) is 0 Å². The van der Waals surface area contributed by atoms with Crippen LogP contribution in [0.15, 0.2) is 30.5 Å². The quantitative estimate of drug-likeness (QED) is 0.701. The van der Waals surface area contributed by atoms with E-state index in [0.717, 1.165) is 67.3 Å². The molecule has 33 heavy (non-hydrogen) atoms. The van der Waals surface area contributed by atoms with Crippen LogP contribution in [0.2, 0.25) is 0 Å². The molecule has 7 heteroatoms. The summed E-state index contributed by atoms with van der Waals surface area (Å²) in [7, 11) is 4.08. The van der Waals surface area contributed by atoms with Gasteiger partial charge in [-0.25, -0.2) is 9.97 Å². The Bertz CT molecular complexity index is 987. The molecule has 2 fully saturated rings. The second-order valence-electron chi connectivity index (χ2n) is 9.98. The van der Waals surface area contributed by atoms with E-state index < -0.39 is 5.54 Å². The smallest absolute Gasteiger partial charge is 0.246 e. The Labute approximate surface area is 196 Å². The summed E-state index contributed by atoms with van der Waals surface area (Å²) in [6, 6.07) is 8.61. The van der Waals surface area contributed by atoms with Crippen molar-refractivity contribution in [2.24, 2.45) is 0 Å². The van der Waals surface area contributed by atoms with Gasteiger partial charge < -0.3 is 19.9 Å². The van der Waals surface area contributed by atoms with Gasteiger partial charge in [-0.1, -0.05) is 31.4 Å². The molecule has 7 nitrogen and oxygen atoms in total. The summed E-state index contributed by atoms with van der Waals surface area (Å²) in [6.45, 7) is 2.31. The van der Waals surface area contributed by atoms with E-state index in [4.69, 9.17) is 9.72 Å². The van der Waals surface area contributed by atoms with E-state index in [0.29, 0.717) is 19.1 Å². The van der Waals surface area contributed by atoms with E-state index in [1.165, 1.54) is 19.3 Å². The van der Waals surface area contributed by atoms with Crippen LogP contribution in [0.3, 0.4) is 0 Å². The first-order valence-electron chi connectivity index (χ1n) is 12.3. The van der Waals surface area contributed by atoms with Gasteiger partial charge in [-0.2, -0.15) is 0 Å². The minimum atomic E-state index is -0.469. The fourth-order valence-electron chi connectivity index (χ4n) is 5.61. The zero-order valence-corrected chi connectivity index (χ0v) is 19.8. The Hall–Kier alpha value is -2.67. The number of fused-ring (bicyclic) bond motifs is 1. The van der Waals surface area contributed by atoms with E-state index >= 15 is 0 Å². The van der Waals surface area contributed by atoms with Gasteiger partial charge in [0, 0.05) is 43.7 Å². The van der Waals surface area contributed by atoms with Crippen LogP contribution >= 0.6 is 0 Å². The molecule has 1 spiro atoms. The predicted octanol–water partition coefficient (Wildman–Crippen LogP) is 2.96. The Kier molecular flexibility index (Phi) is 6.23. The topological polar surface area (TPSA) is 70.6 Å². The number of hydrogen-bond acceptors (Lipinski definition) is 6. The number of anilines is 1. The minimum absolute atomic E-state index is 0.164. The number of aromatic nitrogens is 2. The van der Waals surface area contributed by atoms with Crippen LogP contribution in [-0.2, 0) is 17.6 Å². The first kappa shape index (κ1) is 22.1. The van der Waals surface area contributed by atoms with Crippen molar-refractivity contribution >= 4 is 11.7 Å². The highest BCUT2D eigenvalue weighted by Gasteiger charge is 2.55. The fraction of sp³-hybridized carbons (Fsp3) is 0.577. The second-order valence-corrected chi connectivity index (χ2v) is 9.98. The summed E-state index contributed by atoms with van der Waals surface area (Å²) in [5, 5.41) is 3.09. The number of amides is 1. The predicted molar refractivity (Wildman–Crippen MR) is 129 cm³/mol. The molecule has 176 valence electrons. The number of rotatable bonds is 7. The summed E-state index contributed by atoms with van der Waals surface area (Å²) in [5.74, 6) is 2.85. The number of ether oxygens (including phenoxy) is 1. The number of nitrogens with one attached hydrogen (secondary N) is 1. The van der Waals surface area contributed by atoms with E-state index in [1.807, 2.05) is 32.4 Å². The van der Waals surface area contributed by atoms with Gasteiger partial charge in [-0.3, -0.25) is 4.79 Å². The molecule has 2 aliphatic heterocycles. The first-order chi connectivity index (χ1) is 16.0. The molecule has 0 unspecified atom stereocenters. The van der Waals surface area contributed by atoms with Crippen molar-refractivity contribution in [3.8, 4) is 5.75 Å². The Morgan fingerprint density at radius 2 is 1.97 bits per heavy atom. The number of carbonyl (C=O) groups is 1. The van der Waals surface area contributed by atoms with E-state index in [-0.39, 0.29) is 5.91 Å². The van der Waals surface area contributed by atoms with Crippen molar-refractivity contribution < 1.29 is 9.53 Å². The van der Waals surface area contributed by atoms with Gasteiger partial charge in [0.2, 0.25) is 5.91 Å². The van der Waals surface area contributed by atoms with Crippen LogP contribution in [0.1, 0.15) is 55.5 Å². The van der Waals surface area contributed by atoms with Crippen LogP contribution in [0.5, 0.6) is 5.75 Å². The number of hydrogen-bond donors (Lipinski definition) is 1. The van der Waals surface area contributed by atoms with Gasteiger partial charge in [0.25, 0.3) is 0 Å². The average molecular weight is 450 g/mol. The molecule has 1 amide bonds. The van der Waals surface area contributed by atoms with Gasteiger partial charge in [0.15, 0.2) is 0 Å². The second kappa shape index (κ2) is 9.29. The lowest BCUT2D eigenvalue weighted by Gasteiger charge is -2.42. The molecule has 1 atom stereocenters. The van der Waals surface area contributed by atoms with Gasteiger partial charge in [0.05, 0.1) is 0 Å². The maximum absolute atomic E-state index is 13.0. The zero-order chi connectivity index (χ0) is 22.8. The maximum Gasteiger partial charge on any atom is 0.246 e. The molecule has 0 bridgehead atoms. The SMILES string of the molecule is CN(C)CCOc1ccc(Cc2ncc3c(n2)N(C2CCCCC2)[C@]2(CCNC2=O)C3)cc1. The molecule has 2 aromatic rings. The van der Waals surface area contributed by atoms with Gasteiger partial charge in [0.1, 0.15) is 29.5 Å². The highest BCUT2D eigenvalue weighted by atomic mass is 16.5. The van der Waals surface area contributed by atoms with Gasteiger partial charge >= 0.3 is 0 Å². The van der Waals surface area contributed by atoms with Crippen molar-refractivity contribution in [1.29, 1.82) is 0 Å². The van der Waals surface area contributed by atoms with Crippen molar-refractivity contribution in [2.45, 2.75) is 62.9 Å². The highest BCUT2D eigenvalue weighted by molar-refractivity contribution is 5.94. The standard InChI is InChI=1S/C26H35N5O2/c1-30(2)14-15-33-22-10-8-19(9-11-22)16-23-28-18-20-17-26(12-13-27-25(26)32)31(24(20)29-23)21-6-4-3-5-7-21/h8-11,18,21H,3-7,12-17H2,1-2H3,(H,27,32)/t26-/m1/s1. The molecule has 1 saturated heterocycles. The normalized spacial score (nSPS) is 22.8. The molecular formula is C26H35N5O2. The third-order valence-electron chi connectivity index (χ3n) is 7.34. The summed E-state index contributed by atoms with van der Waals surface area (Å²) in [6.07, 6.45) is 10.2. The highest BCUT2D eigenvalue weighted by Crippen LogP contribution is 2.45. The molecule has 1 aromatic heterocycles. The number of benzene rings is 1. The molecule has 3 heterocycles. The van der Waals surface area contributed by atoms with Gasteiger partial charge in [-0.05, 0) is 51.1 Å². The molecule has 1 N–H and O–H groups in total. The Balaban J connectivity index is 1.35. The molecule has 0 radical (unpaired) electrons. The largest absolute Gasteiger partial charge is 0.492 e. The Morgan fingerprint density at radius 3 is 2.67 bits per heavy atom. The van der Waals surface area contributed by atoms with Crippen LogP contribution in [0.4, 0.5) is 5.82 Å². The van der Waals surface area contributed by atoms with Crippen molar-refractivity contribution in [3.63, 3.8) is 0 Å². The monoisotopic (exact) mass is 449 g/mol. The minimum Gasteiger partial charge on any atom is -0.492 e. The van der Waals surface area contributed by atoms with E-state index in [1.54, 1.807) is 0 Å². The summed E-state index contributed by atoms with van der Waals surface area (Å²) in [5.41, 5.74) is 1.81. The lowest BCUT2D eigenvalue weighted by molar-refractivity contribution is -0.123.